The first-order chi connectivity index (χ1) is 13.7. The lowest BCUT2D eigenvalue weighted by Gasteiger charge is -2.21. The van der Waals surface area contributed by atoms with Gasteiger partial charge in [-0.2, -0.15) is 0 Å². The Bertz CT molecular complexity index is 1210. The number of H-pyrrole nitrogens is 1. The molecular formula is C21H25N5O3. The van der Waals surface area contributed by atoms with E-state index in [0.29, 0.717) is 28.7 Å². The fourth-order valence-electron chi connectivity index (χ4n) is 3.37. The molecule has 152 valence electrons. The van der Waals surface area contributed by atoms with Crippen molar-refractivity contribution in [3.8, 4) is 0 Å². The number of aromatic amines is 1. The van der Waals surface area contributed by atoms with E-state index in [1.165, 1.54) is 16.5 Å². The highest BCUT2D eigenvalue weighted by atomic mass is 16.2. The molecule has 0 spiro atoms. The van der Waals surface area contributed by atoms with Crippen LogP contribution in [0.4, 0.5) is 11.5 Å². The van der Waals surface area contributed by atoms with Gasteiger partial charge in [-0.3, -0.25) is 24.1 Å². The molecule has 3 N–H and O–H groups in total. The molecule has 0 saturated heterocycles. The molecule has 3 rings (SSSR count). The van der Waals surface area contributed by atoms with Crippen LogP contribution in [-0.4, -0.2) is 27.5 Å². The first-order valence-electron chi connectivity index (χ1n) is 9.53. The lowest BCUT2D eigenvalue weighted by molar-refractivity contribution is 0.0994. The van der Waals surface area contributed by atoms with Crippen molar-refractivity contribution in [1.29, 1.82) is 0 Å². The maximum Gasteiger partial charge on any atom is 0.330 e. The Balaban J connectivity index is 2.15. The van der Waals surface area contributed by atoms with Gasteiger partial charge >= 0.3 is 5.69 Å². The number of nitrogens with zero attached hydrogens (tertiary/aromatic N) is 3. The number of aryl methyl sites for hydroxylation is 2. The van der Waals surface area contributed by atoms with E-state index < -0.39 is 17.2 Å². The zero-order chi connectivity index (χ0) is 21.3. The molecule has 1 amide bonds. The molecule has 0 aliphatic rings. The predicted molar refractivity (Wildman–Crippen MR) is 115 cm³/mol. The standard InChI is InChI=1S/C21H25N5O3/c1-5-6-9-26-18(22)17(19(27)24-21(26)29)25(4)20(28)15-11-13(3)23-16-8-7-12(2)10-14(15)16/h7-8,10-11H,5-6,9,22H2,1-4H3,(H,24,27,29). The van der Waals surface area contributed by atoms with Gasteiger partial charge in [0.1, 0.15) is 5.82 Å². The second-order valence-electron chi connectivity index (χ2n) is 7.19. The van der Waals surface area contributed by atoms with Gasteiger partial charge in [0.25, 0.3) is 11.5 Å². The number of nitrogen functional groups attached to an aromatic ring is 1. The zero-order valence-corrected chi connectivity index (χ0v) is 17.1. The maximum absolute atomic E-state index is 13.3. The molecule has 0 atom stereocenters. The minimum Gasteiger partial charge on any atom is -0.383 e. The van der Waals surface area contributed by atoms with Crippen LogP contribution >= 0.6 is 0 Å². The Kier molecular flexibility index (Phi) is 5.54. The molecule has 2 heterocycles. The van der Waals surface area contributed by atoms with Gasteiger partial charge in [-0.1, -0.05) is 25.0 Å². The molecule has 0 aliphatic carbocycles. The minimum absolute atomic E-state index is 0.0192. The number of carbonyl (C=O) groups excluding carboxylic acids is 1. The summed E-state index contributed by atoms with van der Waals surface area (Å²) >= 11 is 0. The van der Waals surface area contributed by atoms with Gasteiger partial charge < -0.3 is 10.6 Å². The highest BCUT2D eigenvalue weighted by molar-refractivity contribution is 6.14. The van der Waals surface area contributed by atoms with Crippen LogP contribution in [0.25, 0.3) is 10.9 Å². The number of anilines is 2. The number of amides is 1. The monoisotopic (exact) mass is 395 g/mol. The Labute approximate surface area is 168 Å². The molecule has 3 aromatic rings. The van der Waals surface area contributed by atoms with Crippen molar-refractivity contribution in [3.05, 3.63) is 61.9 Å². The van der Waals surface area contributed by atoms with E-state index in [4.69, 9.17) is 5.73 Å². The molecule has 8 heteroatoms. The van der Waals surface area contributed by atoms with Crippen molar-refractivity contribution < 1.29 is 4.79 Å². The van der Waals surface area contributed by atoms with Crippen LogP contribution in [0.2, 0.25) is 0 Å². The first-order valence-corrected chi connectivity index (χ1v) is 9.53. The minimum atomic E-state index is -0.692. The third kappa shape index (κ3) is 3.78. The second kappa shape index (κ2) is 7.90. The quantitative estimate of drug-likeness (QED) is 0.688. The number of unbranched alkanes of at least 4 members (excludes halogenated alkanes) is 1. The van der Waals surface area contributed by atoms with Crippen LogP contribution < -0.4 is 21.9 Å². The normalized spacial score (nSPS) is 11.0. The summed E-state index contributed by atoms with van der Waals surface area (Å²) in [6.07, 6.45) is 1.58. The van der Waals surface area contributed by atoms with Gasteiger partial charge in [-0.05, 0) is 38.5 Å². The SMILES string of the molecule is CCCCn1c(N)c(N(C)C(=O)c2cc(C)nc3ccc(C)cc23)c(=O)[nH]c1=O. The number of hydrogen-bond acceptors (Lipinski definition) is 5. The fourth-order valence-corrected chi connectivity index (χ4v) is 3.37. The molecule has 8 nitrogen and oxygen atoms in total. The zero-order valence-electron chi connectivity index (χ0n) is 17.1. The summed E-state index contributed by atoms with van der Waals surface area (Å²) in [6, 6.07) is 7.37. The molecule has 2 aromatic heterocycles. The average molecular weight is 395 g/mol. The third-order valence-corrected chi connectivity index (χ3v) is 4.91. The summed E-state index contributed by atoms with van der Waals surface area (Å²) in [5.74, 6) is -0.418. The predicted octanol–water partition coefficient (Wildman–Crippen LogP) is 2.36. The van der Waals surface area contributed by atoms with Gasteiger partial charge in [0.05, 0.1) is 11.1 Å². The van der Waals surface area contributed by atoms with E-state index in [1.54, 1.807) is 6.07 Å². The maximum atomic E-state index is 13.3. The van der Waals surface area contributed by atoms with Crippen LogP contribution in [-0.2, 0) is 6.54 Å². The Morgan fingerprint density at radius 1 is 1.24 bits per heavy atom. The van der Waals surface area contributed by atoms with E-state index in [9.17, 15) is 14.4 Å². The van der Waals surface area contributed by atoms with Gasteiger partial charge in [0.15, 0.2) is 5.69 Å². The molecular weight excluding hydrogens is 370 g/mol. The number of aromatic nitrogens is 3. The molecule has 0 aliphatic heterocycles. The van der Waals surface area contributed by atoms with Gasteiger partial charge in [-0.25, -0.2) is 4.79 Å². The van der Waals surface area contributed by atoms with Crippen molar-refractivity contribution in [2.24, 2.45) is 0 Å². The highest BCUT2D eigenvalue weighted by Crippen LogP contribution is 2.24. The topological polar surface area (TPSA) is 114 Å². The van der Waals surface area contributed by atoms with Gasteiger partial charge in [0, 0.05) is 24.7 Å². The third-order valence-electron chi connectivity index (χ3n) is 4.91. The van der Waals surface area contributed by atoms with Crippen LogP contribution in [0.5, 0.6) is 0 Å². The average Bonchev–Trinajstić information content (AvgIpc) is 2.66. The highest BCUT2D eigenvalue weighted by Gasteiger charge is 2.23. The van der Waals surface area contributed by atoms with E-state index in [-0.39, 0.29) is 11.5 Å². The summed E-state index contributed by atoms with van der Waals surface area (Å²) in [5, 5.41) is 0.696. The number of rotatable bonds is 5. The number of nitrogens with one attached hydrogen (secondary N) is 1. The second-order valence-corrected chi connectivity index (χ2v) is 7.19. The van der Waals surface area contributed by atoms with E-state index >= 15 is 0 Å². The van der Waals surface area contributed by atoms with Crippen molar-refractivity contribution in [2.45, 2.75) is 40.2 Å². The molecule has 0 bridgehead atoms. The molecule has 0 radical (unpaired) electrons. The lowest BCUT2D eigenvalue weighted by atomic mass is 10.0. The number of nitrogens with two attached hydrogens (primary N) is 1. The molecule has 0 fully saturated rings. The van der Waals surface area contributed by atoms with Gasteiger partial charge in [-0.15, -0.1) is 0 Å². The number of carbonyl (C=O) groups is 1. The number of pyridine rings is 1. The molecule has 0 unspecified atom stereocenters. The Morgan fingerprint density at radius 3 is 2.66 bits per heavy atom. The summed E-state index contributed by atoms with van der Waals surface area (Å²) in [5.41, 5.74) is 7.63. The smallest absolute Gasteiger partial charge is 0.330 e. The largest absolute Gasteiger partial charge is 0.383 e. The lowest BCUT2D eigenvalue weighted by Crippen LogP contribution is -2.39. The van der Waals surface area contributed by atoms with E-state index in [1.807, 2.05) is 39.0 Å². The van der Waals surface area contributed by atoms with Crippen molar-refractivity contribution in [2.75, 3.05) is 17.7 Å². The van der Waals surface area contributed by atoms with Crippen LogP contribution in [0.1, 0.15) is 41.4 Å². The number of benzene rings is 1. The van der Waals surface area contributed by atoms with Crippen LogP contribution in [0.15, 0.2) is 33.9 Å². The Hall–Kier alpha value is -3.42. The summed E-state index contributed by atoms with van der Waals surface area (Å²) < 4.78 is 1.30. The molecule has 1 aromatic carbocycles. The molecule has 29 heavy (non-hydrogen) atoms. The van der Waals surface area contributed by atoms with Crippen LogP contribution in [0.3, 0.4) is 0 Å². The first kappa shape index (κ1) is 20.3. The van der Waals surface area contributed by atoms with Crippen molar-refractivity contribution >= 4 is 28.3 Å². The molecule has 0 saturated carbocycles. The fraction of sp³-hybridized carbons (Fsp3) is 0.333. The van der Waals surface area contributed by atoms with Crippen molar-refractivity contribution in [3.63, 3.8) is 0 Å². The Morgan fingerprint density at radius 2 is 1.97 bits per heavy atom. The van der Waals surface area contributed by atoms with Crippen LogP contribution in [0, 0.1) is 13.8 Å². The number of fused-ring (bicyclic) bond motifs is 1. The summed E-state index contributed by atoms with van der Waals surface area (Å²) in [6.45, 7) is 6.09. The van der Waals surface area contributed by atoms with E-state index in [0.717, 1.165) is 18.4 Å². The van der Waals surface area contributed by atoms with Gasteiger partial charge in [0.2, 0.25) is 0 Å². The summed E-state index contributed by atoms with van der Waals surface area (Å²) in [7, 11) is 1.48. The number of hydrogen-bond donors (Lipinski definition) is 2. The van der Waals surface area contributed by atoms with E-state index in [2.05, 4.69) is 9.97 Å². The van der Waals surface area contributed by atoms with Crippen molar-refractivity contribution in [1.82, 2.24) is 14.5 Å². The summed E-state index contributed by atoms with van der Waals surface area (Å²) in [4.78, 5) is 45.9.